The van der Waals surface area contributed by atoms with E-state index >= 15 is 0 Å². The number of hydrogen-bond acceptors (Lipinski definition) is 24. The number of H-pyrrole nitrogens is 4. The maximum Gasteiger partial charge on any atom is 0.497 e. The fourth-order valence-electron chi connectivity index (χ4n) is 15.9. The zero-order chi connectivity index (χ0) is 103. The molecule has 2 aliphatic heterocycles. The number of nitrogens with one attached hydrogen (secondary N) is 6. The second-order valence-corrected chi connectivity index (χ2v) is 42.3. The predicted molar refractivity (Wildman–Crippen MR) is 521 cm³/mol. The zero-order valence-corrected chi connectivity index (χ0v) is 83.0. The van der Waals surface area contributed by atoms with Gasteiger partial charge in [0.2, 0.25) is 10.9 Å². The van der Waals surface area contributed by atoms with E-state index in [1.807, 2.05) is 55.4 Å². The Hall–Kier alpha value is -14.3. The van der Waals surface area contributed by atoms with E-state index in [0.717, 1.165) is 101 Å². The van der Waals surface area contributed by atoms with Gasteiger partial charge in [0.25, 0.3) is 40.1 Å². The van der Waals surface area contributed by atoms with E-state index in [4.69, 9.17) is 28.3 Å². The van der Waals surface area contributed by atoms with Gasteiger partial charge in [-0.15, -0.1) is 0 Å². The molecule has 17 aromatic rings. The number of rotatable bonds is 17. The summed E-state index contributed by atoms with van der Waals surface area (Å²) >= 11 is 3.25. The average molecular weight is 2110 g/mol. The molecule has 34 nitrogen and oxygen atoms in total. The van der Waals surface area contributed by atoms with E-state index in [0.29, 0.717) is 62.3 Å². The van der Waals surface area contributed by atoms with Gasteiger partial charge >= 0.3 is 13.1 Å². The number of fused-ring (bicyclic) bond motifs is 6. The minimum Gasteiger partial charge on any atom is -0.493 e. The second kappa shape index (κ2) is 41.3. The molecule has 6 N–H and O–H groups in total. The van der Waals surface area contributed by atoms with Crippen LogP contribution in [0.3, 0.4) is 0 Å². The molecule has 2 amide bonds. The Morgan fingerprint density at radius 3 is 1.46 bits per heavy atom. The van der Waals surface area contributed by atoms with Crippen molar-refractivity contribution in [2.24, 2.45) is 0 Å². The number of hydrogen-bond donors (Lipinski definition) is 6. The predicted octanol–water partition coefficient (Wildman–Crippen LogP) is 16.0. The topological polar surface area (TPSA) is 431 Å². The highest BCUT2D eigenvalue weighted by Crippen LogP contribution is 2.42. The molecular formula is C95H91BBrF8N17O17S4. The SMILES string of the molecule is COc1c(F)cnc2[nH]cc(-c3ncc(F)c(NC4CCC[C@@H](NC(=O)N5CC[C@@H](F)C5)C4)n3)c12.COc1c(F)cnc2c1c(B1OC(C)(C)C(C)(C)O1)cn2S(=O)(=O)c1ccc(C)cc1.COc1c(F)cnc2c1c(Br)cn2S(=O)(=O)c1ccc(C)cc1.COc1c(F)cnc2c1ccn2S(=O)(=O)c1ccc(C)cc1.Cc1ccc(S(=O)(=O)n2ccc3c(=O)c(F)c[nH]c32)cc1.O=c1c(F)c[nH]c2[nH]ccc12. The summed E-state index contributed by atoms with van der Waals surface area (Å²) in [6.07, 6.45) is 17.7. The maximum atomic E-state index is 14.6. The number of likely N-dealkylation sites (tertiary alicyclic amines) is 1. The molecule has 3 aliphatic rings. The van der Waals surface area contributed by atoms with Gasteiger partial charge in [-0.25, -0.2) is 119 Å². The molecule has 13 aromatic heterocycles. The van der Waals surface area contributed by atoms with Crippen LogP contribution < -0.4 is 45.9 Å². The third-order valence-corrected chi connectivity index (χ3v) is 31.4. The molecule has 0 bridgehead atoms. The fourth-order valence-corrected chi connectivity index (χ4v) is 21.9. The number of carbonyl (C=O) groups is 1. The van der Waals surface area contributed by atoms with Crippen molar-refractivity contribution >= 4 is 147 Å². The molecule has 3 atom stereocenters. The van der Waals surface area contributed by atoms with Crippen LogP contribution in [0.2, 0.25) is 0 Å². The standard InChI is InChI=1S/C23H26F3N7O2.C21H24BFN2O5S.C15H12BrFN2O3S.C15H13FN2O3S.C14H11FN2O3S.C7H5FN2O/c1-35-19-16(25)9-29-22-18(19)15(8-27-22)20-28-10-17(26)21(32-20)30-13-3-2-4-14(7-13)31-23(34)33-6-5-12(24)11-33;1-13-7-9-14(10-8-13)31(26,27)25-12-15(22-29-20(2,3)21(4,5)30-22)17-18(28-6)16(23)11-24-19(17)25;1-9-3-5-10(6-4-9)23(20,21)19-8-11(16)13-14(22-2)12(17)7-18-15(13)19;1-10-3-5-11(6-4-10)22(19,20)18-8-7-12-14(21-2)13(16)9-17-15(12)18;1-9-2-4-10(5-3-9)21(19,20)17-7-6-11-13(18)12(15)8-16-14(11)17;8-5-3-10-7-4(6(5)11)1-2-9-7/h8-10,12-14H,2-7,11H2,1H3,(H,27,29)(H,31,34)(H,28,30,32);7-12H,1-6H3;3-8H,1-2H3;3-9H,1-2H3;2-8H,1H3,(H,16,18);1-3H,(H2,9,10,11)/t12-,13?,14-;;;;;/m1...../s1. The number of alkyl halides is 1. The van der Waals surface area contributed by atoms with Crippen LogP contribution in [0.1, 0.15) is 82.1 Å². The third-order valence-electron chi connectivity index (χ3n) is 24.1. The molecule has 15 heterocycles. The Morgan fingerprint density at radius 1 is 0.483 bits per heavy atom. The number of aromatic nitrogens is 14. The summed E-state index contributed by atoms with van der Waals surface area (Å²) < 4.78 is 250. The fraction of sp³-hybridized carbons (Fsp3) is 0.253. The highest BCUT2D eigenvalue weighted by atomic mass is 79.9. The van der Waals surface area contributed by atoms with Crippen molar-refractivity contribution < 1.29 is 102 Å². The first kappa shape index (κ1) is 103. The summed E-state index contributed by atoms with van der Waals surface area (Å²) in [5.41, 5.74) is 3.01. The number of nitrogens with zero attached hydrogens (tertiary/aromatic N) is 11. The van der Waals surface area contributed by atoms with E-state index < -0.39 is 116 Å². The lowest BCUT2D eigenvalue weighted by Gasteiger charge is -2.32. The summed E-state index contributed by atoms with van der Waals surface area (Å²) in [7, 11) is -11.1. The van der Waals surface area contributed by atoms with Gasteiger partial charge in [0, 0.05) is 78.1 Å². The number of benzene rings is 4. The number of pyridine rings is 6. The number of ether oxygens (including phenoxy) is 4. The van der Waals surface area contributed by atoms with Crippen molar-refractivity contribution in [1.82, 2.24) is 75.9 Å². The van der Waals surface area contributed by atoms with Crippen molar-refractivity contribution in [3.8, 4) is 34.4 Å². The van der Waals surface area contributed by atoms with Crippen LogP contribution >= 0.6 is 15.9 Å². The summed E-state index contributed by atoms with van der Waals surface area (Å²) in [5.74, 6) is -4.97. The minimum atomic E-state index is -4.02. The quantitative estimate of drug-likeness (QED) is 0.0364. The molecule has 2 saturated heterocycles. The Kier molecular flexibility index (Phi) is 29.8. The van der Waals surface area contributed by atoms with Crippen LogP contribution in [-0.4, -0.2) is 188 Å². The van der Waals surface area contributed by atoms with Gasteiger partial charge in [0.05, 0.1) is 135 Å². The van der Waals surface area contributed by atoms with E-state index in [9.17, 15) is 83.2 Å². The summed E-state index contributed by atoms with van der Waals surface area (Å²) in [6, 6.07) is 29.5. The molecule has 3 fully saturated rings. The molecule has 4 aromatic carbocycles. The largest absolute Gasteiger partial charge is 0.497 e. The van der Waals surface area contributed by atoms with Crippen LogP contribution in [0.25, 0.3) is 77.6 Å². The molecule has 0 spiro atoms. The molecule has 1 saturated carbocycles. The number of methoxy groups -OCH3 is 4. The lowest BCUT2D eigenvalue weighted by atomic mass is 9.79. The van der Waals surface area contributed by atoms with Gasteiger partial charge in [-0.3, -0.25) is 9.59 Å². The Labute approximate surface area is 820 Å². The monoisotopic (exact) mass is 2110 g/mol. The van der Waals surface area contributed by atoms with Gasteiger partial charge in [-0.1, -0.05) is 70.8 Å². The molecule has 0 radical (unpaired) electrons. The van der Waals surface area contributed by atoms with Gasteiger partial charge < -0.3 is 63.7 Å². The molecule has 48 heteroatoms. The maximum absolute atomic E-state index is 14.6. The lowest BCUT2D eigenvalue weighted by Crippen LogP contribution is -2.47. The first-order chi connectivity index (χ1) is 67.8. The van der Waals surface area contributed by atoms with Gasteiger partial charge in [-0.05, 0) is 170 Å². The smallest absolute Gasteiger partial charge is 0.493 e. The van der Waals surface area contributed by atoms with Crippen molar-refractivity contribution in [3.63, 3.8) is 0 Å². The summed E-state index contributed by atoms with van der Waals surface area (Å²) in [4.78, 5) is 72.2. The van der Waals surface area contributed by atoms with E-state index in [2.05, 4.69) is 76.4 Å². The molecule has 748 valence electrons. The number of aromatic amines is 4. The summed E-state index contributed by atoms with van der Waals surface area (Å²) in [5, 5.41) is 7.58. The van der Waals surface area contributed by atoms with E-state index in [-0.39, 0.29) is 118 Å². The molecule has 143 heavy (non-hydrogen) atoms. The highest BCUT2D eigenvalue weighted by molar-refractivity contribution is 9.10. The van der Waals surface area contributed by atoms with Gasteiger partial charge in [0.15, 0.2) is 92.3 Å². The van der Waals surface area contributed by atoms with Crippen LogP contribution in [0.15, 0.2) is 229 Å². The number of aryl methyl sites for hydroxylation is 4. The average Bonchev–Trinajstić information content (AvgIpc) is 1.56. The third kappa shape index (κ3) is 20.8. The summed E-state index contributed by atoms with van der Waals surface area (Å²) in [6.45, 7) is 15.5. The normalized spacial score (nSPS) is 15.7. The molecular weight excluding hydrogens is 2020 g/mol. The molecule has 1 unspecified atom stereocenters. The van der Waals surface area contributed by atoms with E-state index in [1.54, 1.807) is 60.9 Å². The van der Waals surface area contributed by atoms with Gasteiger partial charge in [-0.2, -0.15) is 0 Å². The van der Waals surface area contributed by atoms with Crippen molar-refractivity contribution in [3.05, 3.63) is 284 Å². The Balaban J connectivity index is 0.000000133. The zero-order valence-electron chi connectivity index (χ0n) is 78.1. The van der Waals surface area contributed by atoms with Crippen molar-refractivity contribution in [2.75, 3.05) is 46.8 Å². The first-order valence-electron chi connectivity index (χ1n) is 43.7. The Bertz CT molecular complexity index is 8330. The Morgan fingerprint density at radius 2 is 0.930 bits per heavy atom. The van der Waals surface area contributed by atoms with E-state index in [1.165, 1.54) is 125 Å². The van der Waals surface area contributed by atoms with Crippen molar-refractivity contribution in [1.29, 1.82) is 0 Å². The van der Waals surface area contributed by atoms with Crippen molar-refractivity contribution in [2.45, 2.75) is 137 Å². The molecule has 1 aliphatic carbocycles. The van der Waals surface area contributed by atoms with Crippen LogP contribution in [0, 0.1) is 68.4 Å². The number of urea groups is 1. The second-order valence-electron chi connectivity index (χ2n) is 34.2. The van der Waals surface area contributed by atoms with Crippen LogP contribution in [0.5, 0.6) is 23.0 Å². The van der Waals surface area contributed by atoms with Crippen LogP contribution in [0.4, 0.5) is 45.7 Å². The molecule has 20 rings (SSSR count). The lowest BCUT2D eigenvalue weighted by molar-refractivity contribution is 0.00578. The number of carbonyl (C=O) groups excluding carboxylic acids is 1. The minimum absolute atomic E-state index is 0.00312. The number of amides is 2. The number of halogens is 9. The number of anilines is 1. The van der Waals surface area contributed by atoms with Crippen LogP contribution in [-0.2, 0) is 49.4 Å². The highest BCUT2D eigenvalue weighted by Gasteiger charge is 2.53. The first-order valence-corrected chi connectivity index (χ1v) is 50.3. The van der Waals surface area contributed by atoms with Gasteiger partial charge in [0.1, 0.15) is 23.1 Å².